The van der Waals surface area contributed by atoms with E-state index in [0.717, 1.165) is 24.6 Å². The summed E-state index contributed by atoms with van der Waals surface area (Å²) in [4.78, 5) is 13.0. The van der Waals surface area contributed by atoms with Gasteiger partial charge in [0.15, 0.2) is 0 Å². The number of carbonyl (C=O) groups is 1. The van der Waals surface area contributed by atoms with Crippen LogP contribution in [-0.2, 0) is 4.79 Å². The molecule has 1 aromatic carbocycles. The summed E-state index contributed by atoms with van der Waals surface area (Å²) in [7, 11) is 0. The first-order chi connectivity index (χ1) is 9.65. The van der Waals surface area contributed by atoms with Gasteiger partial charge in [0.25, 0.3) is 0 Å². The molecule has 4 heteroatoms. The largest absolute Gasteiger partial charge is 0.480 e. The summed E-state index contributed by atoms with van der Waals surface area (Å²) in [5, 5.41) is 9.73. The van der Waals surface area contributed by atoms with E-state index >= 15 is 0 Å². The minimum absolute atomic E-state index is 0.0348. The first-order valence-corrected chi connectivity index (χ1v) is 7.75. The zero-order chi connectivity index (χ0) is 14.4. The Balaban J connectivity index is 1.97. The summed E-state index contributed by atoms with van der Waals surface area (Å²) in [6.45, 7) is 0.824. The predicted molar refractivity (Wildman–Crippen MR) is 82.5 cm³/mol. The molecule has 110 valence electrons. The number of nitrogens with zero attached hydrogens (tertiary/aromatic N) is 1. The van der Waals surface area contributed by atoms with Crippen LogP contribution in [0.1, 0.15) is 38.5 Å². The van der Waals surface area contributed by atoms with Gasteiger partial charge in [-0.3, -0.25) is 4.79 Å². The molecule has 0 amide bonds. The third kappa shape index (κ3) is 4.71. The van der Waals surface area contributed by atoms with Crippen molar-refractivity contribution in [3.05, 3.63) is 29.3 Å². The molecular weight excluding hydrogens is 274 g/mol. The maximum atomic E-state index is 11.0. The maximum Gasteiger partial charge on any atom is 0.323 e. The molecule has 3 nitrogen and oxygen atoms in total. The van der Waals surface area contributed by atoms with Gasteiger partial charge in [-0.2, -0.15) is 0 Å². The van der Waals surface area contributed by atoms with Gasteiger partial charge in [0.05, 0.1) is 0 Å². The lowest BCUT2D eigenvalue weighted by Crippen LogP contribution is -2.31. The molecule has 1 N–H and O–H groups in total. The number of hydrogen-bond acceptors (Lipinski definition) is 2. The second-order valence-corrected chi connectivity index (χ2v) is 6.02. The molecule has 1 aromatic rings. The number of hydrogen-bond donors (Lipinski definition) is 1. The van der Waals surface area contributed by atoms with Gasteiger partial charge in [0, 0.05) is 17.3 Å². The van der Waals surface area contributed by atoms with Crippen molar-refractivity contribution >= 4 is 23.3 Å². The molecule has 2 rings (SSSR count). The van der Waals surface area contributed by atoms with E-state index in [2.05, 4.69) is 0 Å². The summed E-state index contributed by atoms with van der Waals surface area (Å²) in [6.07, 6.45) is 7.64. The second-order valence-electron chi connectivity index (χ2n) is 5.59. The lowest BCUT2D eigenvalue weighted by Gasteiger charge is -2.27. The average Bonchev–Trinajstić information content (AvgIpc) is 2.44. The van der Waals surface area contributed by atoms with Crippen LogP contribution >= 0.6 is 11.6 Å². The summed E-state index contributed by atoms with van der Waals surface area (Å²) < 4.78 is 0. The van der Waals surface area contributed by atoms with E-state index in [1.165, 1.54) is 32.1 Å². The fourth-order valence-electron chi connectivity index (χ4n) is 2.95. The lowest BCUT2D eigenvalue weighted by atomic mass is 9.87. The minimum atomic E-state index is -0.798. The molecule has 0 radical (unpaired) electrons. The van der Waals surface area contributed by atoms with Gasteiger partial charge >= 0.3 is 5.97 Å². The van der Waals surface area contributed by atoms with E-state index in [1.807, 2.05) is 29.2 Å². The number of carboxylic acids is 1. The summed E-state index contributed by atoms with van der Waals surface area (Å²) >= 11 is 6.00. The molecule has 0 saturated heterocycles. The first kappa shape index (κ1) is 15.2. The zero-order valence-corrected chi connectivity index (χ0v) is 12.5. The molecule has 1 aliphatic carbocycles. The van der Waals surface area contributed by atoms with Crippen molar-refractivity contribution in [2.75, 3.05) is 18.0 Å². The van der Waals surface area contributed by atoms with Gasteiger partial charge in [0.1, 0.15) is 6.54 Å². The fourth-order valence-corrected chi connectivity index (χ4v) is 3.13. The van der Waals surface area contributed by atoms with Crippen molar-refractivity contribution in [3.8, 4) is 0 Å². The number of carboxylic acid groups (broad SMARTS) is 1. The maximum absolute atomic E-state index is 11.0. The molecule has 1 saturated carbocycles. The van der Waals surface area contributed by atoms with Crippen LogP contribution in [0, 0.1) is 5.92 Å². The number of benzene rings is 1. The van der Waals surface area contributed by atoms with Gasteiger partial charge in [-0.25, -0.2) is 0 Å². The Morgan fingerprint density at radius 3 is 2.70 bits per heavy atom. The number of rotatable bonds is 6. The van der Waals surface area contributed by atoms with Crippen LogP contribution in [0.5, 0.6) is 0 Å². The average molecular weight is 296 g/mol. The zero-order valence-electron chi connectivity index (χ0n) is 11.7. The number of anilines is 1. The van der Waals surface area contributed by atoms with E-state index in [9.17, 15) is 4.79 Å². The Morgan fingerprint density at radius 2 is 2.05 bits per heavy atom. The smallest absolute Gasteiger partial charge is 0.323 e. The predicted octanol–water partition coefficient (Wildman–Crippen LogP) is 4.20. The Morgan fingerprint density at radius 1 is 1.30 bits per heavy atom. The number of halogens is 1. The van der Waals surface area contributed by atoms with Crippen molar-refractivity contribution in [2.45, 2.75) is 38.5 Å². The van der Waals surface area contributed by atoms with Crippen LogP contribution in [0.4, 0.5) is 5.69 Å². The molecule has 0 aromatic heterocycles. The van der Waals surface area contributed by atoms with Gasteiger partial charge in [-0.15, -0.1) is 0 Å². The highest BCUT2D eigenvalue weighted by Crippen LogP contribution is 2.27. The Labute approximate surface area is 125 Å². The van der Waals surface area contributed by atoms with Crippen LogP contribution in [0.15, 0.2) is 24.3 Å². The van der Waals surface area contributed by atoms with Crippen LogP contribution in [-0.4, -0.2) is 24.2 Å². The topological polar surface area (TPSA) is 40.5 Å². The Bertz CT molecular complexity index is 444. The highest BCUT2D eigenvalue weighted by molar-refractivity contribution is 6.30. The van der Waals surface area contributed by atoms with Gasteiger partial charge in [-0.1, -0.05) is 49.8 Å². The molecule has 0 atom stereocenters. The van der Waals surface area contributed by atoms with E-state index in [1.54, 1.807) is 0 Å². The normalized spacial score (nSPS) is 16.1. The molecule has 0 spiro atoms. The van der Waals surface area contributed by atoms with E-state index in [4.69, 9.17) is 16.7 Å². The van der Waals surface area contributed by atoms with Crippen molar-refractivity contribution < 1.29 is 9.90 Å². The standard InChI is InChI=1S/C16H22ClNO2/c17-14-7-4-8-15(11-14)18(12-16(19)20)10-9-13-5-2-1-3-6-13/h4,7-8,11,13H,1-3,5-6,9-10,12H2,(H,19,20). The summed E-state index contributed by atoms with van der Waals surface area (Å²) in [5.74, 6) is -0.0483. The van der Waals surface area contributed by atoms with Crippen LogP contribution in [0.3, 0.4) is 0 Å². The third-order valence-corrected chi connectivity index (χ3v) is 4.27. The number of aliphatic carboxylic acids is 1. The molecule has 0 bridgehead atoms. The van der Waals surface area contributed by atoms with Crippen molar-refractivity contribution in [1.29, 1.82) is 0 Å². The fraction of sp³-hybridized carbons (Fsp3) is 0.562. The second kappa shape index (κ2) is 7.53. The first-order valence-electron chi connectivity index (χ1n) is 7.37. The lowest BCUT2D eigenvalue weighted by molar-refractivity contribution is -0.135. The quantitative estimate of drug-likeness (QED) is 0.855. The van der Waals surface area contributed by atoms with Gasteiger partial charge in [-0.05, 0) is 30.5 Å². The molecule has 0 unspecified atom stereocenters. The van der Waals surface area contributed by atoms with E-state index in [-0.39, 0.29) is 6.54 Å². The molecule has 20 heavy (non-hydrogen) atoms. The molecular formula is C16H22ClNO2. The molecule has 1 fully saturated rings. The third-order valence-electron chi connectivity index (χ3n) is 4.03. The van der Waals surface area contributed by atoms with Crippen LogP contribution < -0.4 is 4.90 Å². The molecule has 0 heterocycles. The van der Waals surface area contributed by atoms with Crippen molar-refractivity contribution in [1.82, 2.24) is 0 Å². The van der Waals surface area contributed by atoms with E-state index in [0.29, 0.717) is 5.02 Å². The highest BCUT2D eigenvalue weighted by atomic mass is 35.5. The highest BCUT2D eigenvalue weighted by Gasteiger charge is 2.17. The SMILES string of the molecule is O=C(O)CN(CCC1CCCCC1)c1cccc(Cl)c1. The summed E-state index contributed by atoms with van der Waals surface area (Å²) in [6, 6.07) is 7.44. The minimum Gasteiger partial charge on any atom is -0.480 e. The van der Waals surface area contributed by atoms with E-state index < -0.39 is 5.97 Å². The van der Waals surface area contributed by atoms with Gasteiger partial charge in [0.2, 0.25) is 0 Å². The van der Waals surface area contributed by atoms with Crippen molar-refractivity contribution in [2.24, 2.45) is 5.92 Å². The van der Waals surface area contributed by atoms with Crippen molar-refractivity contribution in [3.63, 3.8) is 0 Å². The van der Waals surface area contributed by atoms with Gasteiger partial charge < -0.3 is 10.0 Å². The monoisotopic (exact) mass is 295 g/mol. The molecule has 0 aliphatic heterocycles. The Kier molecular flexibility index (Phi) is 5.72. The Hall–Kier alpha value is -1.22. The van der Waals surface area contributed by atoms with Crippen LogP contribution in [0.25, 0.3) is 0 Å². The van der Waals surface area contributed by atoms with Crippen LogP contribution in [0.2, 0.25) is 5.02 Å². The molecule has 1 aliphatic rings. The summed E-state index contributed by atoms with van der Waals surface area (Å²) in [5.41, 5.74) is 0.899.